The number of nitrogens with zero attached hydrogens (tertiary/aromatic N) is 2. The Kier molecular flexibility index (Phi) is 4.22. The highest BCUT2D eigenvalue weighted by atomic mass is 32.1. The molecule has 1 aromatic heterocycles. The van der Waals surface area contributed by atoms with Gasteiger partial charge in [-0.05, 0) is 12.6 Å². The molecule has 0 radical (unpaired) electrons. The van der Waals surface area contributed by atoms with Gasteiger partial charge >= 0.3 is 0 Å². The van der Waals surface area contributed by atoms with Gasteiger partial charge in [-0.25, -0.2) is 4.39 Å². The molecule has 1 aromatic carbocycles. The Morgan fingerprint density at radius 2 is 2.33 bits per heavy atom. The number of aromatic nitrogens is 2. The highest BCUT2D eigenvalue weighted by molar-refractivity contribution is 6.99. The molecule has 1 atom stereocenters. The molecule has 0 amide bonds. The maximum absolute atomic E-state index is 14.0. The van der Waals surface area contributed by atoms with Crippen LogP contribution in [0.3, 0.4) is 0 Å². The van der Waals surface area contributed by atoms with Crippen molar-refractivity contribution in [3.8, 4) is 5.75 Å². The van der Waals surface area contributed by atoms with Gasteiger partial charge in [-0.15, -0.1) is 0 Å². The summed E-state index contributed by atoms with van der Waals surface area (Å²) < 4.78 is 27.2. The van der Waals surface area contributed by atoms with Gasteiger partial charge in [-0.1, -0.05) is 13.0 Å². The third-order valence-electron chi connectivity index (χ3n) is 2.60. The van der Waals surface area contributed by atoms with Crippen molar-refractivity contribution in [1.82, 2.24) is 14.1 Å². The van der Waals surface area contributed by atoms with Crippen LogP contribution >= 0.6 is 11.7 Å². The predicted molar refractivity (Wildman–Crippen MR) is 68.4 cm³/mol. The summed E-state index contributed by atoms with van der Waals surface area (Å²) in [6.45, 7) is 2.68. The lowest BCUT2D eigenvalue weighted by atomic mass is 10.0. The van der Waals surface area contributed by atoms with E-state index in [9.17, 15) is 4.39 Å². The van der Waals surface area contributed by atoms with Gasteiger partial charge in [-0.2, -0.15) is 8.75 Å². The molecule has 2 rings (SSSR count). The first-order valence-electron chi connectivity index (χ1n) is 5.60. The Morgan fingerprint density at radius 3 is 2.89 bits per heavy atom. The summed E-state index contributed by atoms with van der Waals surface area (Å²) in [5.41, 5.74) is 1.27. The predicted octanol–water partition coefficient (Wildman–Crippen LogP) is 2.38. The van der Waals surface area contributed by atoms with Gasteiger partial charge in [0.25, 0.3) is 0 Å². The Labute approximate surface area is 109 Å². The zero-order valence-corrected chi connectivity index (χ0v) is 11.0. The van der Waals surface area contributed by atoms with E-state index in [2.05, 4.69) is 14.1 Å². The number of ether oxygens (including phenoxy) is 1. The molecule has 0 aliphatic heterocycles. The van der Waals surface area contributed by atoms with Crippen molar-refractivity contribution in [1.29, 1.82) is 0 Å². The van der Waals surface area contributed by atoms with Crippen molar-refractivity contribution in [2.45, 2.75) is 13.0 Å². The van der Waals surface area contributed by atoms with Crippen LogP contribution in [0.5, 0.6) is 5.75 Å². The van der Waals surface area contributed by atoms with E-state index in [0.29, 0.717) is 17.9 Å². The maximum atomic E-state index is 14.0. The lowest BCUT2D eigenvalue weighted by molar-refractivity contribution is 0.410. The number of hydrogen-bond donors (Lipinski definition) is 1. The second kappa shape index (κ2) is 5.88. The van der Waals surface area contributed by atoms with Crippen LogP contribution in [0.2, 0.25) is 0 Å². The Bertz CT molecular complexity index is 504. The second-order valence-electron chi connectivity index (χ2n) is 3.71. The SMILES string of the molecule is CCNC(c1cnsn1)c1ccc(OC)cc1F. The van der Waals surface area contributed by atoms with Crippen molar-refractivity contribution >= 4 is 11.7 Å². The molecule has 0 spiro atoms. The zero-order chi connectivity index (χ0) is 13.0. The van der Waals surface area contributed by atoms with Crippen LogP contribution in [-0.4, -0.2) is 22.4 Å². The second-order valence-corrected chi connectivity index (χ2v) is 4.27. The first-order chi connectivity index (χ1) is 8.76. The van der Waals surface area contributed by atoms with E-state index in [-0.39, 0.29) is 11.9 Å². The van der Waals surface area contributed by atoms with Gasteiger partial charge in [0.1, 0.15) is 11.6 Å². The number of rotatable bonds is 5. The Morgan fingerprint density at radius 1 is 1.50 bits per heavy atom. The van der Waals surface area contributed by atoms with E-state index in [1.54, 1.807) is 18.3 Å². The summed E-state index contributed by atoms with van der Waals surface area (Å²) in [6.07, 6.45) is 1.65. The van der Waals surface area contributed by atoms with Crippen molar-refractivity contribution in [3.63, 3.8) is 0 Å². The molecule has 6 heteroatoms. The van der Waals surface area contributed by atoms with Gasteiger partial charge in [0.05, 0.1) is 36.8 Å². The molecule has 0 aliphatic rings. The van der Waals surface area contributed by atoms with Gasteiger partial charge in [0, 0.05) is 11.6 Å². The van der Waals surface area contributed by atoms with Crippen LogP contribution in [0.25, 0.3) is 0 Å². The number of hydrogen-bond acceptors (Lipinski definition) is 5. The van der Waals surface area contributed by atoms with E-state index in [0.717, 1.165) is 17.4 Å². The van der Waals surface area contributed by atoms with Crippen LogP contribution in [0.15, 0.2) is 24.4 Å². The minimum absolute atomic E-state index is 0.278. The van der Waals surface area contributed by atoms with E-state index in [1.165, 1.54) is 13.2 Å². The van der Waals surface area contributed by atoms with Gasteiger partial charge in [0.2, 0.25) is 0 Å². The fourth-order valence-corrected chi connectivity index (χ4v) is 2.20. The van der Waals surface area contributed by atoms with Gasteiger partial charge in [-0.3, -0.25) is 0 Å². The first kappa shape index (κ1) is 12.9. The van der Waals surface area contributed by atoms with E-state index in [4.69, 9.17) is 4.74 Å². The molecule has 18 heavy (non-hydrogen) atoms. The lowest BCUT2D eigenvalue weighted by Crippen LogP contribution is -2.23. The maximum Gasteiger partial charge on any atom is 0.132 e. The number of nitrogens with one attached hydrogen (secondary N) is 1. The summed E-state index contributed by atoms with van der Waals surface area (Å²) in [6, 6.07) is 4.54. The van der Waals surface area contributed by atoms with Crippen LogP contribution in [0.1, 0.15) is 24.2 Å². The molecule has 4 nitrogen and oxygen atoms in total. The molecule has 1 unspecified atom stereocenters. The van der Waals surface area contributed by atoms with Crippen LogP contribution in [0, 0.1) is 5.82 Å². The minimum atomic E-state index is -0.312. The van der Waals surface area contributed by atoms with E-state index in [1.807, 2.05) is 6.92 Å². The van der Waals surface area contributed by atoms with Crippen LogP contribution in [0.4, 0.5) is 4.39 Å². The Hall–Kier alpha value is -1.53. The molecule has 0 fully saturated rings. The normalized spacial score (nSPS) is 12.4. The van der Waals surface area contributed by atoms with E-state index < -0.39 is 0 Å². The highest BCUT2D eigenvalue weighted by Crippen LogP contribution is 2.26. The smallest absolute Gasteiger partial charge is 0.132 e. The molecule has 2 aromatic rings. The van der Waals surface area contributed by atoms with Crippen LogP contribution < -0.4 is 10.1 Å². The van der Waals surface area contributed by atoms with Gasteiger partial charge < -0.3 is 10.1 Å². The van der Waals surface area contributed by atoms with Crippen molar-refractivity contribution in [3.05, 3.63) is 41.5 Å². The van der Waals surface area contributed by atoms with E-state index >= 15 is 0 Å². The fourth-order valence-electron chi connectivity index (χ4n) is 1.75. The summed E-state index contributed by atoms with van der Waals surface area (Å²) in [5, 5.41) is 3.20. The quantitative estimate of drug-likeness (QED) is 0.903. The summed E-state index contributed by atoms with van der Waals surface area (Å²) in [5.74, 6) is 0.191. The molecule has 0 saturated carbocycles. The lowest BCUT2D eigenvalue weighted by Gasteiger charge is -2.16. The molecule has 1 N–H and O–H groups in total. The molecule has 0 bridgehead atoms. The van der Waals surface area contributed by atoms with Crippen molar-refractivity contribution in [2.24, 2.45) is 0 Å². The van der Waals surface area contributed by atoms with Crippen LogP contribution in [-0.2, 0) is 0 Å². The fraction of sp³-hybridized carbons (Fsp3) is 0.333. The summed E-state index contributed by atoms with van der Waals surface area (Å²) in [7, 11) is 1.51. The minimum Gasteiger partial charge on any atom is -0.497 e. The molecular formula is C12H14FN3OS. The molecular weight excluding hydrogens is 253 g/mol. The zero-order valence-electron chi connectivity index (χ0n) is 10.2. The average molecular weight is 267 g/mol. The average Bonchev–Trinajstić information content (AvgIpc) is 2.90. The largest absolute Gasteiger partial charge is 0.497 e. The monoisotopic (exact) mass is 267 g/mol. The molecule has 96 valence electrons. The number of benzene rings is 1. The molecule has 0 aliphatic carbocycles. The topological polar surface area (TPSA) is 47.0 Å². The van der Waals surface area contributed by atoms with Crippen molar-refractivity contribution in [2.75, 3.05) is 13.7 Å². The standard InChI is InChI=1S/C12H14FN3OS/c1-3-14-12(11-7-15-18-16-11)9-5-4-8(17-2)6-10(9)13/h4-7,12,14H,3H2,1-2H3. The van der Waals surface area contributed by atoms with Gasteiger partial charge in [0.15, 0.2) is 0 Å². The molecule has 0 saturated heterocycles. The third-order valence-corrected chi connectivity index (χ3v) is 3.09. The number of methoxy groups -OCH3 is 1. The Balaban J connectivity index is 2.37. The van der Waals surface area contributed by atoms with Crippen molar-refractivity contribution < 1.29 is 9.13 Å². The first-order valence-corrected chi connectivity index (χ1v) is 6.33. The summed E-state index contributed by atoms with van der Waals surface area (Å²) >= 11 is 1.11. The summed E-state index contributed by atoms with van der Waals surface area (Å²) in [4.78, 5) is 0. The third kappa shape index (κ3) is 2.65. The molecule has 1 heterocycles. The number of halogens is 1. The highest BCUT2D eigenvalue weighted by Gasteiger charge is 2.19.